The molecule has 17 heavy (non-hydrogen) atoms. The molecular formula is C12H20N4O. The Morgan fingerprint density at radius 1 is 1.35 bits per heavy atom. The maximum absolute atomic E-state index is 5.73. The number of para-hydroxylation sites is 1. The quantitative estimate of drug-likeness (QED) is 0.196. The zero-order valence-corrected chi connectivity index (χ0v) is 10.2. The van der Waals surface area contributed by atoms with Crippen molar-refractivity contribution in [2.24, 2.45) is 16.7 Å². The van der Waals surface area contributed by atoms with E-state index in [1.54, 1.807) is 4.90 Å². The monoisotopic (exact) mass is 236 g/mol. The van der Waals surface area contributed by atoms with Gasteiger partial charge in [-0.15, -0.1) is 5.10 Å². The summed E-state index contributed by atoms with van der Waals surface area (Å²) in [5.41, 5.74) is 6.65. The first kappa shape index (κ1) is 13.3. The van der Waals surface area contributed by atoms with Gasteiger partial charge in [0, 0.05) is 12.3 Å². The van der Waals surface area contributed by atoms with Crippen molar-refractivity contribution < 1.29 is 4.74 Å². The predicted molar refractivity (Wildman–Crippen MR) is 70.5 cm³/mol. The van der Waals surface area contributed by atoms with Crippen molar-refractivity contribution in [3.05, 3.63) is 30.3 Å². The molecule has 4 N–H and O–H groups in total. The van der Waals surface area contributed by atoms with Crippen LogP contribution in [0.25, 0.3) is 0 Å². The van der Waals surface area contributed by atoms with Crippen LogP contribution in [0.2, 0.25) is 0 Å². The molecule has 1 aromatic carbocycles. The van der Waals surface area contributed by atoms with E-state index in [0.717, 1.165) is 18.5 Å². The van der Waals surface area contributed by atoms with Crippen LogP contribution in [0.5, 0.6) is 0 Å². The van der Waals surface area contributed by atoms with Crippen molar-refractivity contribution in [2.45, 2.75) is 19.8 Å². The Morgan fingerprint density at radius 3 is 2.65 bits per heavy atom. The van der Waals surface area contributed by atoms with E-state index in [9.17, 15) is 0 Å². The van der Waals surface area contributed by atoms with Crippen LogP contribution in [0.4, 0.5) is 5.69 Å². The SMILES string of the molecule is CCCCOCN(/C(N)=N/N)c1ccccc1. The standard InChI is InChI=1S/C12H20N4O/c1-2-3-9-17-10-16(12(13)15-14)11-7-5-4-6-8-11/h4-8H,2-3,9-10,14H2,1H3,(H2,13,15). The van der Waals surface area contributed by atoms with Crippen molar-refractivity contribution in [1.29, 1.82) is 0 Å². The van der Waals surface area contributed by atoms with E-state index in [1.165, 1.54) is 0 Å². The molecule has 0 heterocycles. The van der Waals surface area contributed by atoms with Crippen LogP contribution in [0, 0.1) is 0 Å². The first-order chi connectivity index (χ1) is 8.29. The van der Waals surface area contributed by atoms with Crippen molar-refractivity contribution in [3.63, 3.8) is 0 Å². The number of hydrogen-bond donors (Lipinski definition) is 2. The number of hydrazone groups is 1. The summed E-state index contributed by atoms with van der Waals surface area (Å²) in [6.45, 7) is 3.18. The van der Waals surface area contributed by atoms with Crippen LogP contribution in [-0.2, 0) is 4.74 Å². The molecule has 0 saturated heterocycles. The number of unbranched alkanes of at least 4 members (excludes halogenated alkanes) is 1. The summed E-state index contributed by atoms with van der Waals surface area (Å²) in [6, 6.07) is 9.66. The molecule has 0 aliphatic heterocycles. The smallest absolute Gasteiger partial charge is 0.219 e. The van der Waals surface area contributed by atoms with Crippen molar-refractivity contribution >= 4 is 11.6 Å². The van der Waals surface area contributed by atoms with Gasteiger partial charge in [-0.2, -0.15) is 0 Å². The van der Waals surface area contributed by atoms with Crippen molar-refractivity contribution in [1.82, 2.24) is 0 Å². The number of nitrogens with two attached hydrogens (primary N) is 2. The Hall–Kier alpha value is -1.75. The van der Waals surface area contributed by atoms with Gasteiger partial charge in [0.15, 0.2) is 0 Å². The summed E-state index contributed by atoms with van der Waals surface area (Å²) in [5, 5.41) is 3.50. The molecule has 0 radical (unpaired) electrons. The van der Waals surface area contributed by atoms with Gasteiger partial charge in [-0.05, 0) is 18.6 Å². The number of nitrogens with zero attached hydrogens (tertiary/aromatic N) is 2. The highest BCUT2D eigenvalue weighted by atomic mass is 16.5. The molecule has 0 saturated carbocycles. The average Bonchev–Trinajstić information content (AvgIpc) is 2.39. The second-order valence-corrected chi connectivity index (χ2v) is 3.64. The van der Waals surface area contributed by atoms with Crippen LogP contribution in [0.1, 0.15) is 19.8 Å². The van der Waals surface area contributed by atoms with E-state index in [-0.39, 0.29) is 5.96 Å². The number of guanidine groups is 1. The zero-order valence-electron chi connectivity index (χ0n) is 10.2. The fraction of sp³-hybridized carbons (Fsp3) is 0.417. The molecule has 0 aromatic heterocycles. The van der Waals surface area contributed by atoms with Gasteiger partial charge >= 0.3 is 0 Å². The molecule has 0 aliphatic carbocycles. The number of anilines is 1. The minimum atomic E-state index is 0.243. The van der Waals surface area contributed by atoms with Crippen LogP contribution in [0.3, 0.4) is 0 Å². The molecule has 0 bridgehead atoms. The first-order valence-corrected chi connectivity index (χ1v) is 5.73. The molecular weight excluding hydrogens is 216 g/mol. The van der Waals surface area contributed by atoms with Gasteiger partial charge in [0.1, 0.15) is 6.73 Å². The molecule has 0 unspecified atom stereocenters. The second-order valence-electron chi connectivity index (χ2n) is 3.64. The van der Waals surface area contributed by atoms with Crippen LogP contribution in [0.15, 0.2) is 35.4 Å². The van der Waals surface area contributed by atoms with Crippen molar-refractivity contribution in [2.75, 3.05) is 18.2 Å². The molecule has 94 valence electrons. The maximum atomic E-state index is 5.73. The van der Waals surface area contributed by atoms with E-state index in [1.807, 2.05) is 30.3 Å². The topological polar surface area (TPSA) is 76.9 Å². The third-order valence-corrected chi connectivity index (χ3v) is 2.34. The highest BCUT2D eigenvalue weighted by molar-refractivity contribution is 5.94. The molecule has 0 spiro atoms. The first-order valence-electron chi connectivity index (χ1n) is 5.73. The molecule has 0 amide bonds. The number of benzene rings is 1. The van der Waals surface area contributed by atoms with E-state index in [4.69, 9.17) is 16.3 Å². The molecule has 0 fully saturated rings. The van der Waals surface area contributed by atoms with E-state index >= 15 is 0 Å². The van der Waals surface area contributed by atoms with Gasteiger partial charge in [-0.3, -0.25) is 4.90 Å². The molecule has 1 aromatic rings. The van der Waals surface area contributed by atoms with Gasteiger partial charge in [-0.1, -0.05) is 31.5 Å². The summed E-state index contributed by atoms with van der Waals surface area (Å²) in [5.74, 6) is 5.45. The van der Waals surface area contributed by atoms with Gasteiger partial charge < -0.3 is 16.3 Å². The molecule has 5 nitrogen and oxygen atoms in total. The fourth-order valence-corrected chi connectivity index (χ4v) is 1.35. The lowest BCUT2D eigenvalue weighted by molar-refractivity contribution is 0.139. The normalized spacial score (nSPS) is 11.5. The van der Waals surface area contributed by atoms with Gasteiger partial charge in [0.05, 0.1) is 0 Å². The summed E-state index contributed by atoms with van der Waals surface area (Å²) in [7, 11) is 0. The molecule has 1 rings (SSSR count). The zero-order chi connectivity index (χ0) is 12.5. The minimum absolute atomic E-state index is 0.243. The van der Waals surface area contributed by atoms with Gasteiger partial charge in [0.25, 0.3) is 0 Å². The summed E-state index contributed by atoms with van der Waals surface area (Å²) in [4.78, 5) is 1.73. The molecule has 0 atom stereocenters. The third kappa shape index (κ3) is 4.32. The highest BCUT2D eigenvalue weighted by Gasteiger charge is 2.09. The Morgan fingerprint density at radius 2 is 2.06 bits per heavy atom. The third-order valence-electron chi connectivity index (χ3n) is 2.34. The van der Waals surface area contributed by atoms with E-state index < -0.39 is 0 Å². The lowest BCUT2D eigenvalue weighted by Crippen LogP contribution is -2.40. The Bertz CT molecular complexity index is 340. The van der Waals surface area contributed by atoms with Crippen molar-refractivity contribution in [3.8, 4) is 0 Å². The fourth-order valence-electron chi connectivity index (χ4n) is 1.35. The maximum Gasteiger partial charge on any atom is 0.219 e. The van der Waals surface area contributed by atoms with Crippen LogP contribution >= 0.6 is 0 Å². The molecule has 0 aliphatic rings. The van der Waals surface area contributed by atoms with Gasteiger partial charge in [0.2, 0.25) is 5.96 Å². The Labute approximate surface area is 102 Å². The summed E-state index contributed by atoms with van der Waals surface area (Å²) >= 11 is 0. The number of hydrogen-bond acceptors (Lipinski definition) is 3. The van der Waals surface area contributed by atoms with E-state index in [0.29, 0.717) is 13.3 Å². The largest absolute Gasteiger partial charge is 0.368 e. The lowest BCUT2D eigenvalue weighted by atomic mass is 10.3. The van der Waals surface area contributed by atoms with Crippen LogP contribution < -0.4 is 16.5 Å². The predicted octanol–water partition coefficient (Wildman–Crippen LogP) is 1.46. The Balaban J connectivity index is 2.62. The van der Waals surface area contributed by atoms with E-state index in [2.05, 4.69) is 12.0 Å². The number of rotatable bonds is 6. The van der Waals surface area contributed by atoms with Crippen LogP contribution in [-0.4, -0.2) is 19.3 Å². The summed E-state index contributed by atoms with van der Waals surface area (Å²) in [6.07, 6.45) is 2.13. The Kier molecular flexibility index (Phi) is 5.88. The lowest BCUT2D eigenvalue weighted by Gasteiger charge is -2.22. The average molecular weight is 236 g/mol. The number of ether oxygens (including phenoxy) is 1. The minimum Gasteiger partial charge on any atom is -0.368 e. The second kappa shape index (κ2) is 7.51. The molecule has 5 heteroatoms. The van der Waals surface area contributed by atoms with Gasteiger partial charge in [-0.25, -0.2) is 0 Å². The summed E-state index contributed by atoms with van der Waals surface area (Å²) < 4.78 is 5.52. The highest BCUT2D eigenvalue weighted by Crippen LogP contribution is 2.12.